The Kier molecular flexibility index (Phi) is 5.04. The molecule has 4 heteroatoms. The molecule has 1 N–H and O–H groups in total. The van der Waals surface area contributed by atoms with Crippen LogP contribution in [0.5, 0.6) is 0 Å². The molecular weight excluding hydrogens is 210 g/mol. The molecule has 82 valence electrons. The van der Waals surface area contributed by atoms with Gasteiger partial charge in [-0.3, -0.25) is 9.59 Å². The zero-order valence-corrected chi connectivity index (χ0v) is 9.60. The second-order valence-corrected chi connectivity index (χ2v) is 4.56. The van der Waals surface area contributed by atoms with Gasteiger partial charge in [-0.1, -0.05) is 0 Å². The van der Waals surface area contributed by atoms with Gasteiger partial charge < -0.3 is 5.32 Å². The third-order valence-corrected chi connectivity index (χ3v) is 3.09. The largest absolute Gasteiger partial charge is 0.356 e. The number of carbonyl (C=O) groups excluding carboxylic acids is 2. The van der Waals surface area contributed by atoms with Crippen molar-refractivity contribution in [2.24, 2.45) is 0 Å². The summed E-state index contributed by atoms with van der Waals surface area (Å²) in [7, 11) is 0. The summed E-state index contributed by atoms with van der Waals surface area (Å²) in [6.45, 7) is 2.26. The molecule has 0 aliphatic carbocycles. The fraction of sp³-hybridized carbons (Fsp3) is 0.455. The lowest BCUT2D eigenvalue weighted by Gasteiger charge is -2.00. The van der Waals surface area contributed by atoms with Gasteiger partial charge in [0.2, 0.25) is 5.91 Å². The lowest BCUT2D eigenvalue weighted by Crippen LogP contribution is -2.20. The van der Waals surface area contributed by atoms with Gasteiger partial charge in [0.25, 0.3) is 0 Å². The van der Waals surface area contributed by atoms with Crippen molar-refractivity contribution in [1.82, 2.24) is 5.32 Å². The van der Waals surface area contributed by atoms with Crippen LogP contribution in [0, 0.1) is 0 Å². The van der Waals surface area contributed by atoms with Gasteiger partial charge in [-0.05, 0) is 31.4 Å². The number of aldehydes is 1. The summed E-state index contributed by atoms with van der Waals surface area (Å²) in [4.78, 5) is 23.0. The number of aryl methyl sites for hydroxylation is 1. The van der Waals surface area contributed by atoms with E-state index in [2.05, 4.69) is 5.32 Å². The highest BCUT2D eigenvalue weighted by Gasteiger charge is 1.99. The maximum Gasteiger partial charge on any atom is 0.216 e. The first-order valence-corrected chi connectivity index (χ1v) is 5.82. The van der Waals surface area contributed by atoms with E-state index in [1.54, 1.807) is 11.3 Å². The summed E-state index contributed by atoms with van der Waals surface area (Å²) in [5.41, 5.74) is 0. The summed E-state index contributed by atoms with van der Waals surface area (Å²) in [5, 5.41) is 2.76. The number of amides is 1. The normalized spacial score (nSPS) is 9.93. The van der Waals surface area contributed by atoms with E-state index in [-0.39, 0.29) is 5.91 Å². The zero-order valence-electron chi connectivity index (χ0n) is 8.79. The van der Waals surface area contributed by atoms with E-state index in [1.807, 2.05) is 12.1 Å². The minimum atomic E-state index is 0.0226. The molecular formula is C11H15NO2S. The first-order chi connectivity index (χ1) is 7.22. The molecule has 0 radical (unpaired) electrons. The molecule has 1 rings (SSSR count). The van der Waals surface area contributed by atoms with E-state index in [9.17, 15) is 9.59 Å². The van der Waals surface area contributed by atoms with Gasteiger partial charge in [0.05, 0.1) is 4.88 Å². The molecule has 3 nitrogen and oxygen atoms in total. The van der Waals surface area contributed by atoms with E-state index in [1.165, 1.54) is 11.8 Å². The number of carbonyl (C=O) groups is 2. The zero-order chi connectivity index (χ0) is 11.1. The van der Waals surface area contributed by atoms with Crippen LogP contribution in [-0.4, -0.2) is 18.7 Å². The van der Waals surface area contributed by atoms with E-state index in [4.69, 9.17) is 0 Å². The van der Waals surface area contributed by atoms with Crippen LogP contribution in [0.25, 0.3) is 0 Å². The van der Waals surface area contributed by atoms with Gasteiger partial charge in [-0.2, -0.15) is 0 Å². The van der Waals surface area contributed by atoms with Crippen molar-refractivity contribution in [3.05, 3.63) is 21.9 Å². The number of nitrogens with one attached hydrogen (secondary N) is 1. The Morgan fingerprint density at radius 3 is 2.87 bits per heavy atom. The van der Waals surface area contributed by atoms with Crippen molar-refractivity contribution in [3.63, 3.8) is 0 Å². The average Bonchev–Trinajstić information content (AvgIpc) is 2.65. The summed E-state index contributed by atoms with van der Waals surface area (Å²) >= 11 is 1.54. The number of unbranched alkanes of at least 4 members (excludes halogenated alkanes) is 1. The highest BCUT2D eigenvalue weighted by Crippen LogP contribution is 2.16. The fourth-order valence-electron chi connectivity index (χ4n) is 1.28. The highest BCUT2D eigenvalue weighted by atomic mass is 32.1. The van der Waals surface area contributed by atoms with Crippen LogP contribution >= 0.6 is 11.3 Å². The minimum Gasteiger partial charge on any atom is -0.356 e. The maximum atomic E-state index is 10.6. The average molecular weight is 225 g/mol. The topological polar surface area (TPSA) is 46.2 Å². The van der Waals surface area contributed by atoms with Gasteiger partial charge in [0.1, 0.15) is 0 Å². The van der Waals surface area contributed by atoms with Crippen LogP contribution in [0.15, 0.2) is 12.1 Å². The van der Waals surface area contributed by atoms with E-state index in [0.717, 1.165) is 37.0 Å². The minimum absolute atomic E-state index is 0.0226. The van der Waals surface area contributed by atoms with Crippen molar-refractivity contribution < 1.29 is 9.59 Å². The summed E-state index contributed by atoms with van der Waals surface area (Å²) < 4.78 is 0. The van der Waals surface area contributed by atoms with Gasteiger partial charge in [0.15, 0.2) is 6.29 Å². The fourth-order valence-corrected chi connectivity index (χ4v) is 2.15. The first kappa shape index (κ1) is 11.9. The summed E-state index contributed by atoms with van der Waals surface area (Å²) in [6.07, 6.45) is 3.89. The summed E-state index contributed by atoms with van der Waals surface area (Å²) in [5.74, 6) is 0.0226. The monoisotopic (exact) mass is 225 g/mol. The molecule has 0 saturated heterocycles. The Bertz CT molecular complexity index is 333. The van der Waals surface area contributed by atoms with Crippen molar-refractivity contribution in [2.75, 3.05) is 6.54 Å². The molecule has 0 saturated carbocycles. The highest BCUT2D eigenvalue weighted by molar-refractivity contribution is 7.13. The van der Waals surface area contributed by atoms with Crippen LogP contribution in [0.4, 0.5) is 0 Å². The Morgan fingerprint density at radius 1 is 1.47 bits per heavy atom. The SMILES string of the molecule is CC(=O)NCCCCc1ccc(C=O)s1. The molecule has 0 atom stereocenters. The molecule has 0 bridgehead atoms. The van der Waals surface area contributed by atoms with E-state index >= 15 is 0 Å². The standard InChI is InChI=1S/C11H15NO2S/c1-9(14)12-7-3-2-4-10-5-6-11(8-13)15-10/h5-6,8H,2-4,7H2,1H3,(H,12,14). The van der Waals surface area contributed by atoms with E-state index < -0.39 is 0 Å². The van der Waals surface area contributed by atoms with Gasteiger partial charge in [-0.15, -0.1) is 11.3 Å². The molecule has 0 aliphatic rings. The van der Waals surface area contributed by atoms with Crippen LogP contribution in [0.1, 0.15) is 34.3 Å². The number of hydrogen-bond acceptors (Lipinski definition) is 3. The Hall–Kier alpha value is -1.16. The van der Waals surface area contributed by atoms with Crippen molar-refractivity contribution >= 4 is 23.5 Å². The molecule has 0 aliphatic heterocycles. The summed E-state index contributed by atoms with van der Waals surface area (Å²) in [6, 6.07) is 3.84. The van der Waals surface area contributed by atoms with Crippen LogP contribution < -0.4 is 5.32 Å². The predicted molar refractivity (Wildman–Crippen MR) is 61.3 cm³/mol. The second-order valence-electron chi connectivity index (χ2n) is 3.36. The lowest BCUT2D eigenvalue weighted by molar-refractivity contribution is -0.118. The van der Waals surface area contributed by atoms with Gasteiger partial charge in [0, 0.05) is 18.3 Å². The van der Waals surface area contributed by atoms with Crippen LogP contribution in [0.3, 0.4) is 0 Å². The van der Waals surface area contributed by atoms with Crippen molar-refractivity contribution in [2.45, 2.75) is 26.2 Å². The molecule has 1 amide bonds. The predicted octanol–water partition coefficient (Wildman–Crippen LogP) is 2.02. The van der Waals surface area contributed by atoms with Crippen LogP contribution in [0.2, 0.25) is 0 Å². The van der Waals surface area contributed by atoms with Crippen molar-refractivity contribution in [1.29, 1.82) is 0 Å². The first-order valence-electron chi connectivity index (χ1n) is 5.00. The molecule has 0 aromatic carbocycles. The van der Waals surface area contributed by atoms with Crippen molar-refractivity contribution in [3.8, 4) is 0 Å². The van der Waals surface area contributed by atoms with Gasteiger partial charge in [-0.25, -0.2) is 0 Å². The molecule has 0 spiro atoms. The van der Waals surface area contributed by atoms with E-state index in [0.29, 0.717) is 0 Å². The number of rotatable bonds is 6. The second kappa shape index (κ2) is 6.35. The van der Waals surface area contributed by atoms with Gasteiger partial charge >= 0.3 is 0 Å². The number of hydrogen-bond donors (Lipinski definition) is 1. The maximum absolute atomic E-state index is 10.6. The smallest absolute Gasteiger partial charge is 0.216 e. The third kappa shape index (κ3) is 4.74. The Balaban J connectivity index is 2.14. The molecule has 0 unspecified atom stereocenters. The van der Waals surface area contributed by atoms with Crippen LogP contribution in [-0.2, 0) is 11.2 Å². The third-order valence-electron chi connectivity index (χ3n) is 2.02. The Morgan fingerprint density at radius 2 is 2.27 bits per heavy atom. The lowest BCUT2D eigenvalue weighted by atomic mass is 10.2. The molecule has 1 heterocycles. The molecule has 1 aromatic rings. The quantitative estimate of drug-likeness (QED) is 0.594. The Labute approximate surface area is 93.5 Å². The molecule has 0 fully saturated rings. The number of thiophene rings is 1. The molecule has 1 aromatic heterocycles. The molecule has 15 heavy (non-hydrogen) atoms.